The fraction of sp³-hybridized carbons (Fsp3) is 0.500. The molecule has 72 valence electrons. The first kappa shape index (κ1) is 10.1. The first-order valence-corrected chi connectivity index (χ1v) is 4.82. The molecule has 0 saturated heterocycles. The molecule has 13 heavy (non-hydrogen) atoms. The molecule has 1 aromatic heterocycles. The van der Waals surface area contributed by atoms with E-state index in [-0.39, 0.29) is 18.4 Å². The van der Waals surface area contributed by atoms with Gasteiger partial charge in [-0.2, -0.15) is 0 Å². The highest BCUT2D eigenvalue weighted by Crippen LogP contribution is 2.23. The summed E-state index contributed by atoms with van der Waals surface area (Å²) in [6.07, 6.45) is 0.207. The van der Waals surface area contributed by atoms with Crippen LogP contribution in [0.1, 0.15) is 28.5 Å². The lowest BCUT2D eigenvalue weighted by molar-refractivity contribution is -0.117. The Hall–Kier alpha value is -0.940. The van der Waals surface area contributed by atoms with Gasteiger partial charge < -0.3 is 11.5 Å². The molecule has 1 atom stereocenters. The van der Waals surface area contributed by atoms with Crippen molar-refractivity contribution in [3.05, 3.63) is 15.6 Å². The predicted octanol–water partition coefficient (Wildman–Crippen LogP) is 0.499. The summed E-state index contributed by atoms with van der Waals surface area (Å²) in [5.74, 6) is -0.357. The minimum Gasteiger partial charge on any atom is -0.369 e. The van der Waals surface area contributed by atoms with Gasteiger partial charge in [-0.3, -0.25) is 4.79 Å². The SMILES string of the molecule is Cc1nc(CC(N)=O)sc1C(C)N. The lowest BCUT2D eigenvalue weighted by Gasteiger charge is -1.99. The van der Waals surface area contributed by atoms with Gasteiger partial charge in [-0.05, 0) is 13.8 Å². The lowest BCUT2D eigenvalue weighted by atomic mass is 10.2. The van der Waals surface area contributed by atoms with Gasteiger partial charge in [0.25, 0.3) is 0 Å². The molecule has 0 spiro atoms. The summed E-state index contributed by atoms with van der Waals surface area (Å²) < 4.78 is 0. The summed E-state index contributed by atoms with van der Waals surface area (Å²) in [6, 6.07) is -0.0286. The monoisotopic (exact) mass is 199 g/mol. The topological polar surface area (TPSA) is 82.0 Å². The number of rotatable bonds is 3. The highest BCUT2D eigenvalue weighted by atomic mass is 32.1. The summed E-state index contributed by atoms with van der Waals surface area (Å²) in [5, 5.41) is 0.748. The van der Waals surface area contributed by atoms with E-state index < -0.39 is 0 Å². The van der Waals surface area contributed by atoms with E-state index in [1.54, 1.807) is 0 Å². The fourth-order valence-corrected chi connectivity index (χ4v) is 2.14. The quantitative estimate of drug-likeness (QED) is 0.743. The summed E-state index contributed by atoms with van der Waals surface area (Å²) in [5.41, 5.74) is 11.7. The van der Waals surface area contributed by atoms with Crippen molar-refractivity contribution in [2.75, 3.05) is 0 Å². The van der Waals surface area contributed by atoms with Crippen molar-refractivity contribution >= 4 is 17.2 Å². The van der Waals surface area contributed by atoms with Crippen LogP contribution in [0, 0.1) is 6.92 Å². The first-order valence-electron chi connectivity index (χ1n) is 4.00. The highest BCUT2D eigenvalue weighted by molar-refractivity contribution is 7.11. The molecule has 0 fully saturated rings. The zero-order chi connectivity index (χ0) is 10.0. The third kappa shape index (κ3) is 2.50. The summed E-state index contributed by atoms with van der Waals surface area (Å²) in [4.78, 5) is 15.9. The number of aryl methyl sites for hydroxylation is 1. The second kappa shape index (κ2) is 3.85. The van der Waals surface area contributed by atoms with Gasteiger partial charge in [-0.1, -0.05) is 0 Å². The Morgan fingerprint density at radius 2 is 2.31 bits per heavy atom. The number of hydrogen-bond donors (Lipinski definition) is 2. The minimum absolute atomic E-state index is 0.0286. The Kier molecular flexibility index (Phi) is 3.00. The number of hydrogen-bond acceptors (Lipinski definition) is 4. The van der Waals surface area contributed by atoms with Gasteiger partial charge in [0.15, 0.2) is 0 Å². The zero-order valence-corrected chi connectivity index (χ0v) is 8.52. The molecule has 1 rings (SSSR count). The number of primary amides is 1. The second-order valence-corrected chi connectivity index (χ2v) is 4.10. The van der Waals surface area contributed by atoms with E-state index in [1.165, 1.54) is 11.3 Å². The molecular weight excluding hydrogens is 186 g/mol. The number of nitrogens with two attached hydrogens (primary N) is 2. The molecule has 0 aliphatic rings. The van der Waals surface area contributed by atoms with Crippen molar-refractivity contribution < 1.29 is 4.79 Å². The molecule has 0 bridgehead atoms. The summed E-state index contributed by atoms with van der Waals surface area (Å²) in [6.45, 7) is 3.79. The minimum atomic E-state index is -0.357. The van der Waals surface area contributed by atoms with E-state index in [1.807, 2.05) is 13.8 Å². The molecule has 1 aromatic rings. The smallest absolute Gasteiger partial charge is 0.224 e. The van der Waals surface area contributed by atoms with Crippen molar-refractivity contribution in [2.24, 2.45) is 11.5 Å². The van der Waals surface area contributed by atoms with Gasteiger partial charge >= 0.3 is 0 Å². The van der Waals surface area contributed by atoms with Crippen molar-refractivity contribution in [1.29, 1.82) is 0 Å². The van der Waals surface area contributed by atoms with Crippen LogP contribution in [0.15, 0.2) is 0 Å². The van der Waals surface area contributed by atoms with Crippen LogP contribution in [0.3, 0.4) is 0 Å². The van der Waals surface area contributed by atoms with Crippen LogP contribution in [-0.4, -0.2) is 10.9 Å². The van der Waals surface area contributed by atoms with E-state index in [4.69, 9.17) is 11.5 Å². The third-order valence-electron chi connectivity index (χ3n) is 1.62. The largest absolute Gasteiger partial charge is 0.369 e. The Bertz CT molecular complexity index is 319. The maximum absolute atomic E-state index is 10.6. The molecule has 0 aromatic carbocycles. The van der Waals surface area contributed by atoms with E-state index >= 15 is 0 Å². The molecule has 5 heteroatoms. The fourth-order valence-electron chi connectivity index (χ4n) is 1.11. The number of aromatic nitrogens is 1. The molecule has 0 radical (unpaired) electrons. The highest BCUT2D eigenvalue weighted by Gasteiger charge is 2.11. The van der Waals surface area contributed by atoms with Crippen molar-refractivity contribution in [3.63, 3.8) is 0 Å². The van der Waals surface area contributed by atoms with Gasteiger partial charge in [0.05, 0.1) is 12.1 Å². The van der Waals surface area contributed by atoms with E-state index in [0.29, 0.717) is 0 Å². The average Bonchev–Trinajstić information content (AvgIpc) is 2.29. The predicted molar refractivity (Wildman–Crippen MR) is 52.4 cm³/mol. The maximum Gasteiger partial charge on any atom is 0.224 e. The third-order valence-corrected chi connectivity index (χ3v) is 2.97. The number of carbonyl (C=O) groups is 1. The molecule has 4 nitrogen and oxygen atoms in total. The van der Waals surface area contributed by atoms with E-state index in [9.17, 15) is 4.79 Å². The zero-order valence-electron chi connectivity index (χ0n) is 7.70. The molecule has 0 aliphatic carbocycles. The molecule has 4 N–H and O–H groups in total. The number of nitrogens with zero attached hydrogens (tertiary/aromatic N) is 1. The Morgan fingerprint density at radius 1 is 1.69 bits per heavy atom. The number of carbonyl (C=O) groups excluding carboxylic acids is 1. The van der Waals surface area contributed by atoms with Crippen molar-refractivity contribution in [3.8, 4) is 0 Å². The van der Waals surface area contributed by atoms with Crippen LogP contribution in [0.4, 0.5) is 0 Å². The van der Waals surface area contributed by atoms with Crippen LogP contribution in [-0.2, 0) is 11.2 Å². The standard InChI is InChI=1S/C8H13N3OS/c1-4(9)8-5(2)11-7(13-8)3-6(10)12/h4H,3,9H2,1-2H3,(H2,10,12). The van der Waals surface area contributed by atoms with Gasteiger partial charge in [0.2, 0.25) is 5.91 Å². The van der Waals surface area contributed by atoms with Gasteiger partial charge in [-0.25, -0.2) is 4.98 Å². The molecular formula is C8H13N3OS. The molecule has 1 heterocycles. The van der Waals surface area contributed by atoms with Crippen LogP contribution in [0.25, 0.3) is 0 Å². The van der Waals surface area contributed by atoms with E-state index in [2.05, 4.69) is 4.98 Å². The van der Waals surface area contributed by atoms with Crippen molar-refractivity contribution in [2.45, 2.75) is 26.3 Å². The van der Waals surface area contributed by atoms with Crippen LogP contribution < -0.4 is 11.5 Å². The van der Waals surface area contributed by atoms with Crippen molar-refractivity contribution in [1.82, 2.24) is 4.98 Å². The summed E-state index contributed by atoms with van der Waals surface area (Å²) in [7, 11) is 0. The molecule has 0 saturated carbocycles. The van der Waals surface area contributed by atoms with Gasteiger partial charge in [0.1, 0.15) is 5.01 Å². The number of amides is 1. The molecule has 1 unspecified atom stereocenters. The van der Waals surface area contributed by atoms with Crippen LogP contribution in [0.2, 0.25) is 0 Å². The maximum atomic E-state index is 10.6. The van der Waals surface area contributed by atoms with E-state index in [0.717, 1.165) is 15.6 Å². The van der Waals surface area contributed by atoms with Gasteiger partial charge in [-0.15, -0.1) is 11.3 Å². The van der Waals surface area contributed by atoms with Gasteiger partial charge in [0, 0.05) is 10.9 Å². The second-order valence-electron chi connectivity index (χ2n) is 2.99. The Balaban J connectivity index is 2.88. The molecule has 1 amide bonds. The lowest BCUT2D eigenvalue weighted by Crippen LogP contribution is -2.13. The van der Waals surface area contributed by atoms with Crippen LogP contribution >= 0.6 is 11.3 Å². The Labute approximate surface area is 81.0 Å². The first-order chi connectivity index (χ1) is 6.00. The molecule has 0 aliphatic heterocycles. The average molecular weight is 199 g/mol. The summed E-state index contributed by atoms with van der Waals surface area (Å²) >= 11 is 1.46. The van der Waals surface area contributed by atoms with Crippen LogP contribution in [0.5, 0.6) is 0 Å². The Morgan fingerprint density at radius 3 is 2.69 bits per heavy atom. The normalized spacial score (nSPS) is 12.8. The number of thiazole rings is 1.